The smallest absolute Gasteiger partial charge is 0.272 e. The van der Waals surface area contributed by atoms with Crippen LogP contribution in [0.1, 0.15) is 47.6 Å². The van der Waals surface area contributed by atoms with Gasteiger partial charge in [0, 0.05) is 23.3 Å². The third-order valence-corrected chi connectivity index (χ3v) is 4.19. The summed E-state index contributed by atoms with van der Waals surface area (Å²) in [5.41, 5.74) is 10.5. The summed E-state index contributed by atoms with van der Waals surface area (Å²) in [7, 11) is 0. The Labute approximate surface area is 149 Å². The van der Waals surface area contributed by atoms with Crippen molar-refractivity contribution in [3.8, 4) is 5.69 Å². The molecule has 1 amide bonds. The van der Waals surface area contributed by atoms with Crippen molar-refractivity contribution < 1.29 is 4.79 Å². The third kappa shape index (κ3) is 3.62. The number of hydrogen-bond acceptors (Lipinski definition) is 3. The maximum absolute atomic E-state index is 12.5. The fourth-order valence-corrected chi connectivity index (χ4v) is 3.01. The van der Waals surface area contributed by atoms with Gasteiger partial charge in [0.15, 0.2) is 5.69 Å². The molecule has 1 aliphatic carbocycles. The van der Waals surface area contributed by atoms with E-state index in [0.717, 1.165) is 41.8 Å². The Morgan fingerprint density at radius 3 is 2.71 bits per heavy atom. The highest BCUT2D eigenvalue weighted by atomic mass is 35.5. The zero-order valence-corrected chi connectivity index (χ0v) is 15.2. The third-order valence-electron chi connectivity index (χ3n) is 4.19. The van der Waals surface area contributed by atoms with Crippen LogP contribution in [-0.2, 0) is 12.8 Å². The highest BCUT2D eigenvalue weighted by molar-refractivity contribution is 5.94. The van der Waals surface area contributed by atoms with Crippen molar-refractivity contribution in [1.29, 1.82) is 0 Å². The Morgan fingerprint density at radius 2 is 2.04 bits per heavy atom. The van der Waals surface area contributed by atoms with Crippen LogP contribution in [0.3, 0.4) is 0 Å². The standard InChI is InChI=1S/C18H24N4O.ClH/c1-12-7-4-5-9-14(12)22-15-10-6-8-13(15)16(21-22)17(23)20-11-18(2,3)19;/h4-5,7,9H,6,8,10-11,19H2,1-3H3,(H,20,23);1H. The predicted molar refractivity (Wildman–Crippen MR) is 98.2 cm³/mol. The summed E-state index contributed by atoms with van der Waals surface area (Å²) in [5, 5.41) is 7.54. The van der Waals surface area contributed by atoms with Gasteiger partial charge in [-0.1, -0.05) is 18.2 Å². The normalized spacial score (nSPS) is 13.3. The van der Waals surface area contributed by atoms with Gasteiger partial charge in [0.2, 0.25) is 0 Å². The van der Waals surface area contributed by atoms with Gasteiger partial charge >= 0.3 is 0 Å². The molecule has 1 heterocycles. The van der Waals surface area contributed by atoms with Crippen molar-refractivity contribution in [2.24, 2.45) is 5.73 Å². The van der Waals surface area contributed by atoms with E-state index < -0.39 is 5.54 Å². The minimum atomic E-state index is -0.433. The number of carbonyl (C=O) groups is 1. The summed E-state index contributed by atoms with van der Waals surface area (Å²) in [4.78, 5) is 12.5. The molecular weight excluding hydrogens is 324 g/mol. The second kappa shape index (κ2) is 6.95. The van der Waals surface area contributed by atoms with Gasteiger partial charge in [0.05, 0.1) is 5.69 Å². The zero-order valence-electron chi connectivity index (χ0n) is 14.4. The van der Waals surface area contributed by atoms with Crippen LogP contribution in [0.5, 0.6) is 0 Å². The quantitative estimate of drug-likeness (QED) is 0.891. The number of para-hydroxylation sites is 1. The second-order valence-electron chi connectivity index (χ2n) is 7.00. The summed E-state index contributed by atoms with van der Waals surface area (Å²) >= 11 is 0. The molecule has 130 valence electrons. The molecule has 0 aliphatic heterocycles. The lowest BCUT2D eigenvalue weighted by molar-refractivity contribution is 0.0939. The van der Waals surface area contributed by atoms with E-state index in [1.54, 1.807) is 0 Å². The van der Waals surface area contributed by atoms with Crippen LogP contribution in [0, 0.1) is 6.92 Å². The highest BCUT2D eigenvalue weighted by Gasteiger charge is 2.27. The van der Waals surface area contributed by atoms with Crippen LogP contribution in [0.25, 0.3) is 5.69 Å². The molecule has 0 saturated heterocycles. The summed E-state index contributed by atoms with van der Waals surface area (Å²) in [6.07, 6.45) is 2.95. The SMILES string of the molecule is Cc1ccccc1-n1nc(C(=O)NCC(C)(C)N)c2c1CCC2.Cl. The molecule has 1 aromatic carbocycles. The fraction of sp³-hybridized carbons (Fsp3) is 0.444. The Bertz CT molecular complexity index is 746. The van der Waals surface area contributed by atoms with Crippen molar-refractivity contribution in [2.75, 3.05) is 6.54 Å². The molecule has 3 N–H and O–H groups in total. The van der Waals surface area contributed by atoms with Crippen molar-refractivity contribution >= 4 is 18.3 Å². The van der Waals surface area contributed by atoms with Gasteiger partial charge in [-0.25, -0.2) is 4.68 Å². The van der Waals surface area contributed by atoms with Crippen LogP contribution in [0.2, 0.25) is 0 Å². The number of fused-ring (bicyclic) bond motifs is 1. The Morgan fingerprint density at radius 1 is 1.33 bits per heavy atom. The number of aromatic nitrogens is 2. The first kappa shape index (κ1) is 18.5. The van der Waals surface area contributed by atoms with Crippen LogP contribution in [0.15, 0.2) is 24.3 Å². The van der Waals surface area contributed by atoms with Crippen molar-refractivity contribution in [1.82, 2.24) is 15.1 Å². The monoisotopic (exact) mass is 348 g/mol. The number of benzene rings is 1. The molecule has 0 fully saturated rings. The number of rotatable bonds is 4. The number of amides is 1. The van der Waals surface area contributed by atoms with Crippen molar-refractivity contribution in [3.05, 3.63) is 46.8 Å². The number of halogens is 1. The highest BCUT2D eigenvalue weighted by Crippen LogP contribution is 2.28. The van der Waals surface area contributed by atoms with Gasteiger partial charge in [-0.3, -0.25) is 4.79 Å². The molecule has 0 spiro atoms. The molecule has 0 radical (unpaired) electrons. The Balaban J connectivity index is 0.00000208. The molecule has 6 heteroatoms. The number of nitrogens with zero attached hydrogens (tertiary/aromatic N) is 2. The van der Waals surface area contributed by atoms with E-state index in [2.05, 4.69) is 23.4 Å². The number of aryl methyl sites for hydroxylation is 1. The lowest BCUT2D eigenvalue weighted by Crippen LogP contribution is -2.45. The lowest BCUT2D eigenvalue weighted by Gasteiger charge is -2.18. The largest absolute Gasteiger partial charge is 0.349 e. The first-order chi connectivity index (χ1) is 10.9. The molecule has 0 unspecified atom stereocenters. The summed E-state index contributed by atoms with van der Waals surface area (Å²) in [5.74, 6) is -0.131. The van der Waals surface area contributed by atoms with Crippen molar-refractivity contribution in [3.63, 3.8) is 0 Å². The average molecular weight is 349 g/mol. The molecule has 5 nitrogen and oxygen atoms in total. The van der Waals surface area contributed by atoms with E-state index in [1.165, 1.54) is 0 Å². The molecule has 2 aromatic rings. The van der Waals surface area contributed by atoms with E-state index in [0.29, 0.717) is 12.2 Å². The first-order valence-corrected chi connectivity index (χ1v) is 8.11. The molecular formula is C18H25ClN4O. The van der Waals surface area contributed by atoms with E-state index in [-0.39, 0.29) is 18.3 Å². The van der Waals surface area contributed by atoms with Crippen LogP contribution in [0.4, 0.5) is 0 Å². The maximum atomic E-state index is 12.5. The zero-order chi connectivity index (χ0) is 16.6. The molecule has 1 aromatic heterocycles. The van der Waals surface area contributed by atoms with Crippen molar-refractivity contribution in [2.45, 2.75) is 45.6 Å². The van der Waals surface area contributed by atoms with E-state index in [9.17, 15) is 4.79 Å². The topological polar surface area (TPSA) is 72.9 Å². The molecule has 3 rings (SSSR count). The van der Waals surface area contributed by atoms with Gasteiger partial charge in [-0.15, -0.1) is 12.4 Å². The van der Waals surface area contributed by atoms with Crippen LogP contribution >= 0.6 is 12.4 Å². The maximum Gasteiger partial charge on any atom is 0.272 e. The van der Waals surface area contributed by atoms with Gasteiger partial charge in [0.1, 0.15) is 0 Å². The number of hydrogen-bond donors (Lipinski definition) is 2. The molecule has 0 bridgehead atoms. The summed E-state index contributed by atoms with van der Waals surface area (Å²) < 4.78 is 1.94. The number of carbonyl (C=O) groups excluding carboxylic acids is 1. The molecule has 0 saturated carbocycles. The predicted octanol–water partition coefficient (Wildman–Crippen LogP) is 2.56. The second-order valence-corrected chi connectivity index (χ2v) is 7.00. The van der Waals surface area contributed by atoms with Crippen LogP contribution < -0.4 is 11.1 Å². The average Bonchev–Trinajstić information content (AvgIpc) is 3.07. The summed E-state index contributed by atoms with van der Waals surface area (Å²) in [6, 6.07) is 8.13. The first-order valence-electron chi connectivity index (χ1n) is 8.11. The number of nitrogens with two attached hydrogens (primary N) is 1. The minimum absolute atomic E-state index is 0. The molecule has 0 atom stereocenters. The summed E-state index contributed by atoms with van der Waals surface area (Å²) in [6.45, 7) is 6.28. The van der Waals surface area contributed by atoms with Gasteiger partial charge < -0.3 is 11.1 Å². The van der Waals surface area contributed by atoms with Gasteiger partial charge in [-0.05, 0) is 51.7 Å². The molecule has 24 heavy (non-hydrogen) atoms. The van der Waals surface area contributed by atoms with Crippen LogP contribution in [-0.4, -0.2) is 27.8 Å². The van der Waals surface area contributed by atoms with E-state index >= 15 is 0 Å². The molecule has 1 aliphatic rings. The Hall–Kier alpha value is -1.85. The Kier molecular flexibility index (Phi) is 5.35. The fourth-order valence-electron chi connectivity index (χ4n) is 3.01. The van der Waals surface area contributed by atoms with Gasteiger partial charge in [0.25, 0.3) is 5.91 Å². The minimum Gasteiger partial charge on any atom is -0.349 e. The van der Waals surface area contributed by atoms with E-state index in [4.69, 9.17) is 5.73 Å². The number of nitrogens with one attached hydrogen (secondary N) is 1. The van der Waals surface area contributed by atoms with E-state index in [1.807, 2.05) is 36.7 Å². The van der Waals surface area contributed by atoms with Gasteiger partial charge in [-0.2, -0.15) is 5.10 Å². The lowest BCUT2D eigenvalue weighted by atomic mass is 10.1.